The highest BCUT2D eigenvalue weighted by molar-refractivity contribution is 7.18. The van der Waals surface area contributed by atoms with Crippen LogP contribution in [0.15, 0.2) is 47.8 Å². The zero-order valence-corrected chi connectivity index (χ0v) is 13.6. The minimum Gasteiger partial charge on any atom is -0.504 e. The molecule has 4 aromatic rings. The third kappa shape index (κ3) is 2.78. The van der Waals surface area contributed by atoms with E-state index in [1.54, 1.807) is 28.7 Å². The lowest BCUT2D eigenvalue weighted by Crippen LogP contribution is -1.86. The molecule has 0 amide bonds. The van der Waals surface area contributed by atoms with Crippen molar-refractivity contribution >= 4 is 32.9 Å². The van der Waals surface area contributed by atoms with Gasteiger partial charge >= 0.3 is 0 Å². The highest BCUT2D eigenvalue weighted by Gasteiger charge is 2.10. The van der Waals surface area contributed by atoms with Crippen LogP contribution in [0.1, 0.15) is 10.0 Å². The molecule has 114 valence electrons. The molecule has 6 heteroatoms. The van der Waals surface area contributed by atoms with Crippen LogP contribution < -0.4 is 0 Å². The Morgan fingerprint density at radius 3 is 2.61 bits per heavy atom. The first kappa shape index (κ1) is 14.2. The van der Waals surface area contributed by atoms with E-state index in [2.05, 4.69) is 16.0 Å². The molecule has 0 bridgehead atoms. The molecular weight excluding hydrogens is 328 g/mol. The smallest absolute Gasteiger partial charge is 0.158 e. The Morgan fingerprint density at radius 1 is 0.913 bits per heavy atom. The second kappa shape index (κ2) is 5.64. The van der Waals surface area contributed by atoms with Crippen molar-refractivity contribution in [3.63, 3.8) is 0 Å². The van der Waals surface area contributed by atoms with Gasteiger partial charge in [-0.05, 0) is 30.3 Å². The fourth-order valence-corrected chi connectivity index (χ4v) is 4.20. The van der Waals surface area contributed by atoms with E-state index < -0.39 is 0 Å². The summed E-state index contributed by atoms with van der Waals surface area (Å²) < 4.78 is 1.18. The van der Waals surface area contributed by atoms with Crippen LogP contribution in [0.3, 0.4) is 0 Å². The molecule has 0 atom stereocenters. The molecule has 0 spiro atoms. The molecule has 2 aromatic heterocycles. The van der Waals surface area contributed by atoms with Crippen molar-refractivity contribution in [1.82, 2.24) is 9.97 Å². The molecule has 0 saturated heterocycles. The summed E-state index contributed by atoms with van der Waals surface area (Å²) >= 11 is 3.25. The summed E-state index contributed by atoms with van der Waals surface area (Å²) in [6.45, 7) is 0. The Hall–Kier alpha value is -2.44. The number of phenols is 2. The maximum atomic E-state index is 9.60. The van der Waals surface area contributed by atoms with Gasteiger partial charge in [0.1, 0.15) is 10.0 Å². The second-order valence-electron chi connectivity index (χ2n) is 5.08. The van der Waals surface area contributed by atoms with Crippen molar-refractivity contribution < 1.29 is 10.2 Å². The van der Waals surface area contributed by atoms with E-state index in [1.807, 2.05) is 23.6 Å². The van der Waals surface area contributed by atoms with Gasteiger partial charge in [-0.1, -0.05) is 12.1 Å². The normalized spacial score (nSPS) is 11.1. The summed E-state index contributed by atoms with van der Waals surface area (Å²) in [7, 11) is 0. The molecule has 0 unspecified atom stereocenters. The van der Waals surface area contributed by atoms with Crippen molar-refractivity contribution in [2.45, 2.75) is 6.42 Å². The van der Waals surface area contributed by atoms with Crippen LogP contribution in [0.25, 0.3) is 21.5 Å². The zero-order chi connectivity index (χ0) is 15.8. The fourth-order valence-electron chi connectivity index (χ4n) is 2.33. The first-order valence-electron chi connectivity index (χ1n) is 7.00. The van der Waals surface area contributed by atoms with Gasteiger partial charge in [-0.15, -0.1) is 22.7 Å². The Bertz CT molecular complexity index is 958. The number of nitrogens with zero attached hydrogens (tertiary/aromatic N) is 2. The quantitative estimate of drug-likeness (QED) is 0.542. The minimum absolute atomic E-state index is 0.126. The summed E-state index contributed by atoms with van der Waals surface area (Å²) in [5.41, 5.74) is 2.60. The number of para-hydroxylation sites is 1. The van der Waals surface area contributed by atoms with E-state index >= 15 is 0 Å². The highest BCUT2D eigenvalue weighted by Crippen LogP contribution is 2.32. The summed E-state index contributed by atoms with van der Waals surface area (Å²) in [6, 6.07) is 12.8. The van der Waals surface area contributed by atoms with Gasteiger partial charge in [-0.3, -0.25) is 0 Å². The monoisotopic (exact) mass is 340 g/mol. The van der Waals surface area contributed by atoms with E-state index in [-0.39, 0.29) is 11.5 Å². The first-order chi connectivity index (χ1) is 11.2. The van der Waals surface area contributed by atoms with Crippen LogP contribution in [-0.4, -0.2) is 20.2 Å². The summed E-state index contributed by atoms with van der Waals surface area (Å²) in [4.78, 5) is 9.24. The minimum atomic E-state index is -0.136. The Morgan fingerprint density at radius 2 is 1.78 bits per heavy atom. The lowest BCUT2D eigenvalue weighted by atomic mass is 10.1. The molecule has 4 rings (SSSR count). The van der Waals surface area contributed by atoms with E-state index in [0.717, 1.165) is 26.8 Å². The predicted molar refractivity (Wildman–Crippen MR) is 93.3 cm³/mol. The van der Waals surface area contributed by atoms with Crippen molar-refractivity contribution in [2.75, 3.05) is 0 Å². The van der Waals surface area contributed by atoms with Crippen LogP contribution in [-0.2, 0) is 6.42 Å². The molecule has 0 radical (unpaired) electrons. The van der Waals surface area contributed by atoms with Crippen molar-refractivity contribution in [3.8, 4) is 22.8 Å². The summed E-state index contributed by atoms with van der Waals surface area (Å²) in [5.74, 6) is -0.262. The summed E-state index contributed by atoms with van der Waals surface area (Å²) in [5, 5.41) is 23.0. The molecule has 0 aliphatic heterocycles. The maximum absolute atomic E-state index is 9.60. The Kier molecular flexibility index (Phi) is 3.48. The van der Waals surface area contributed by atoms with Gasteiger partial charge in [0.2, 0.25) is 0 Å². The van der Waals surface area contributed by atoms with Gasteiger partial charge in [-0.2, -0.15) is 0 Å². The zero-order valence-electron chi connectivity index (χ0n) is 11.9. The number of aromatic nitrogens is 2. The number of hydrogen-bond donors (Lipinski definition) is 2. The Balaban J connectivity index is 1.61. The molecule has 0 saturated carbocycles. The fraction of sp³-hybridized carbons (Fsp3) is 0.0588. The Labute approximate surface area is 140 Å². The number of benzene rings is 2. The van der Waals surface area contributed by atoms with Crippen molar-refractivity contribution in [1.29, 1.82) is 0 Å². The molecule has 0 aliphatic carbocycles. The van der Waals surface area contributed by atoms with Crippen molar-refractivity contribution in [3.05, 3.63) is 57.9 Å². The topological polar surface area (TPSA) is 66.2 Å². The molecule has 2 N–H and O–H groups in total. The van der Waals surface area contributed by atoms with Crippen LogP contribution in [0, 0.1) is 0 Å². The van der Waals surface area contributed by atoms with E-state index in [9.17, 15) is 10.2 Å². The number of rotatable bonds is 3. The average molecular weight is 340 g/mol. The molecule has 2 heterocycles. The lowest BCUT2D eigenvalue weighted by Gasteiger charge is -2.00. The van der Waals surface area contributed by atoms with Gasteiger partial charge in [0.15, 0.2) is 11.5 Å². The number of thiazole rings is 2. The van der Waals surface area contributed by atoms with Crippen LogP contribution >= 0.6 is 22.7 Å². The predicted octanol–water partition coefficient (Wildman–Crippen LogP) is 4.42. The van der Waals surface area contributed by atoms with Crippen molar-refractivity contribution in [2.24, 2.45) is 0 Å². The standard InChI is InChI=1S/C17H12N2O2S2/c20-13-6-5-10(7-14(13)21)12-9-22-16(19-12)8-17-18-11-3-1-2-4-15(11)23-17/h1-7,9,20-21H,8H2. The van der Waals surface area contributed by atoms with Gasteiger partial charge in [0.25, 0.3) is 0 Å². The summed E-state index contributed by atoms with van der Waals surface area (Å²) in [6.07, 6.45) is 0.702. The van der Waals surface area contributed by atoms with Crippen LogP contribution in [0.4, 0.5) is 0 Å². The molecule has 0 fully saturated rings. The molecule has 2 aromatic carbocycles. The second-order valence-corrected chi connectivity index (χ2v) is 7.14. The number of phenolic OH excluding ortho intramolecular Hbond substituents is 2. The third-order valence-corrected chi connectivity index (χ3v) is 5.35. The van der Waals surface area contributed by atoms with Gasteiger partial charge in [-0.25, -0.2) is 9.97 Å². The molecular formula is C17H12N2O2S2. The average Bonchev–Trinajstić information content (AvgIpc) is 3.16. The van der Waals surface area contributed by atoms with Crippen LogP contribution in [0.5, 0.6) is 11.5 Å². The SMILES string of the molecule is Oc1ccc(-c2csc(Cc3nc4ccccc4s3)n2)cc1O. The third-order valence-electron chi connectivity index (χ3n) is 3.46. The largest absolute Gasteiger partial charge is 0.504 e. The molecule has 4 nitrogen and oxygen atoms in total. The molecule has 23 heavy (non-hydrogen) atoms. The van der Waals surface area contributed by atoms with Crippen LogP contribution in [0.2, 0.25) is 0 Å². The van der Waals surface area contributed by atoms with Gasteiger partial charge in [0.05, 0.1) is 22.3 Å². The number of fused-ring (bicyclic) bond motifs is 1. The van der Waals surface area contributed by atoms with Gasteiger partial charge in [0, 0.05) is 10.9 Å². The van der Waals surface area contributed by atoms with E-state index in [1.165, 1.54) is 16.8 Å². The first-order valence-corrected chi connectivity index (χ1v) is 8.70. The number of aromatic hydroxyl groups is 2. The van der Waals surface area contributed by atoms with E-state index in [4.69, 9.17) is 0 Å². The maximum Gasteiger partial charge on any atom is 0.158 e. The lowest BCUT2D eigenvalue weighted by molar-refractivity contribution is 0.404. The van der Waals surface area contributed by atoms with E-state index in [0.29, 0.717) is 6.42 Å². The number of hydrogen-bond acceptors (Lipinski definition) is 6. The molecule has 0 aliphatic rings. The van der Waals surface area contributed by atoms with Gasteiger partial charge < -0.3 is 10.2 Å². The highest BCUT2D eigenvalue weighted by atomic mass is 32.1.